The summed E-state index contributed by atoms with van der Waals surface area (Å²) < 4.78 is 16.6. The van der Waals surface area contributed by atoms with Gasteiger partial charge in [-0.2, -0.15) is 0 Å². The van der Waals surface area contributed by atoms with Gasteiger partial charge in [0.2, 0.25) is 11.8 Å². The molecule has 7 nitrogen and oxygen atoms in total. The normalized spacial score (nSPS) is 11.4. The minimum Gasteiger partial charge on any atom is -0.497 e. The van der Waals surface area contributed by atoms with E-state index in [0.29, 0.717) is 50.0 Å². The lowest BCUT2D eigenvalue weighted by Crippen LogP contribution is -2.47. The van der Waals surface area contributed by atoms with Crippen molar-refractivity contribution in [2.24, 2.45) is 0 Å². The molecule has 1 unspecified atom stereocenters. The van der Waals surface area contributed by atoms with E-state index < -0.39 is 6.04 Å². The number of amides is 2. The van der Waals surface area contributed by atoms with Crippen LogP contribution >= 0.6 is 0 Å². The van der Waals surface area contributed by atoms with Gasteiger partial charge in [-0.3, -0.25) is 9.59 Å². The average Bonchev–Trinajstić information content (AvgIpc) is 2.82. The standard InChI is InChI=1S/C26H36N2O5/c1-6-27-26(30)19(4)28(18-21-10-9-11-22(16-21)31-5)25(29)15-13-20-12-14-23(32-7-2)24(17-20)33-8-3/h9-12,14,16-17,19H,6-8,13,15,18H2,1-5H3,(H,27,30). The van der Waals surface area contributed by atoms with Crippen molar-refractivity contribution < 1.29 is 23.8 Å². The fourth-order valence-electron chi connectivity index (χ4n) is 3.52. The maximum atomic E-state index is 13.3. The van der Waals surface area contributed by atoms with Crippen molar-refractivity contribution in [2.45, 2.75) is 53.1 Å². The fourth-order valence-corrected chi connectivity index (χ4v) is 3.52. The minimum atomic E-state index is -0.594. The van der Waals surface area contributed by atoms with Crippen molar-refractivity contribution in [1.82, 2.24) is 10.2 Å². The number of benzene rings is 2. The number of nitrogens with zero attached hydrogens (tertiary/aromatic N) is 1. The van der Waals surface area contributed by atoms with Crippen LogP contribution in [0.5, 0.6) is 17.2 Å². The fraction of sp³-hybridized carbons (Fsp3) is 0.462. The third-order valence-corrected chi connectivity index (χ3v) is 5.24. The van der Waals surface area contributed by atoms with Gasteiger partial charge in [0, 0.05) is 19.5 Å². The number of carbonyl (C=O) groups is 2. The summed E-state index contributed by atoms with van der Waals surface area (Å²) in [5.41, 5.74) is 1.88. The zero-order valence-electron chi connectivity index (χ0n) is 20.3. The summed E-state index contributed by atoms with van der Waals surface area (Å²) in [6.45, 7) is 9.38. The molecular formula is C26H36N2O5. The number of hydrogen-bond acceptors (Lipinski definition) is 5. The molecule has 0 aliphatic carbocycles. The van der Waals surface area contributed by atoms with E-state index in [9.17, 15) is 9.59 Å². The Labute approximate surface area is 197 Å². The van der Waals surface area contributed by atoms with Crippen molar-refractivity contribution in [2.75, 3.05) is 26.9 Å². The molecule has 2 aromatic carbocycles. The Morgan fingerprint density at radius 2 is 1.70 bits per heavy atom. The van der Waals surface area contributed by atoms with Gasteiger partial charge in [-0.05, 0) is 69.5 Å². The molecule has 2 rings (SSSR count). The number of likely N-dealkylation sites (N-methyl/N-ethyl adjacent to an activating group) is 1. The van der Waals surface area contributed by atoms with E-state index in [1.165, 1.54) is 0 Å². The number of rotatable bonds is 13. The van der Waals surface area contributed by atoms with Crippen LogP contribution in [0.4, 0.5) is 0 Å². The predicted octanol–water partition coefficient (Wildman–Crippen LogP) is 3.98. The third-order valence-electron chi connectivity index (χ3n) is 5.24. The highest BCUT2D eigenvalue weighted by atomic mass is 16.5. The van der Waals surface area contributed by atoms with E-state index >= 15 is 0 Å². The Morgan fingerprint density at radius 1 is 0.970 bits per heavy atom. The number of hydrogen-bond donors (Lipinski definition) is 1. The Kier molecular flexibility index (Phi) is 10.5. The van der Waals surface area contributed by atoms with Gasteiger partial charge in [-0.1, -0.05) is 18.2 Å². The molecule has 1 atom stereocenters. The number of nitrogens with one attached hydrogen (secondary N) is 1. The highest BCUT2D eigenvalue weighted by Crippen LogP contribution is 2.29. The molecule has 1 N–H and O–H groups in total. The maximum Gasteiger partial charge on any atom is 0.242 e. The molecule has 0 aliphatic heterocycles. The summed E-state index contributed by atoms with van der Waals surface area (Å²) in [5, 5.41) is 2.81. The van der Waals surface area contributed by atoms with Crippen molar-refractivity contribution in [1.29, 1.82) is 0 Å². The summed E-state index contributed by atoms with van der Waals surface area (Å²) in [6.07, 6.45) is 0.801. The van der Waals surface area contributed by atoms with E-state index in [1.54, 1.807) is 18.9 Å². The monoisotopic (exact) mass is 456 g/mol. The molecule has 0 saturated heterocycles. The first-order valence-electron chi connectivity index (χ1n) is 11.5. The molecule has 0 aromatic heterocycles. The SMILES string of the molecule is CCNC(=O)C(C)N(Cc1cccc(OC)c1)C(=O)CCc1ccc(OCC)c(OCC)c1. The first kappa shape index (κ1) is 26.0. The predicted molar refractivity (Wildman–Crippen MR) is 129 cm³/mol. The van der Waals surface area contributed by atoms with Crippen LogP contribution in [0, 0.1) is 0 Å². The highest BCUT2D eigenvalue weighted by molar-refractivity contribution is 5.87. The number of methoxy groups -OCH3 is 1. The van der Waals surface area contributed by atoms with Gasteiger partial charge >= 0.3 is 0 Å². The van der Waals surface area contributed by atoms with Gasteiger partial charge in [-0.25, -0.2) is 0 Å². The number of ether oxygens (including phenoxy) is 3. The van der Waals surface area contributed by atoms with Gasteiger partial charge in [0.15, 0.2) is 11.5 Å². The van der Waals surface area contributed by atoms with E-state index in [1.807, 2.05) is 63.2 Å². The molecule has 2 aromatic rings. The lowest BCUT2D eigenvalue weighted by Gasteiger charge is -2.29. The molecule has 0 heterocycles. The number of aryl methyl sites for hydroxylation is 1. The summed E-state index contributed by atoms with van der Waals surface area (Å²) in [7, 11) is 1.60. The molecule has 0 bridgehead atoms. The van der Waals surface area contributed by atoms with Crippen molar-refractivity contribution in [3.63, 3.8) is 0 Å². The lowest BCUT2D eigenvalue weighted by atomic mass is 10.1. The van der Waals surface area contributed by atoms with Gasteiger partial charge in [0.05, 0.1) is 20.3 Å². The van der Waals surface area contributed by atoms with Gasteiger partial charge < -0.3 is 24.4 Å². The molecule has 33 heavy (non-hydrogen) atoms. The minimum absolute atomic E-state index is 0.0941. The molecule has 0 radical (unpaired) electrons. The van der Waals surface area contributed by atoms with E-state index in [4.69, 9.17) is 14.2 Å². The summed E-state index contributed by atoms with van der Waals surface area (Å²) >= 11 is 0. The summed E-state index contributed by atoms with van der Waals surface area (Å²) in [5.74, 6) is 1.81. The molecule has 7 heteroatoms. The van der Waals surface area contributed by atoms with Gasteiger partial charge in [-0.15, -0.1) is 0 Å². The van der Waals surface area contributed by atoms with Crippen LogP contribution in [-0.4, -0.2) is 49.6 Å². The Morgan fingerprint density at radius 3 is 2.36 bits per heavy atom. The summed E-state index contributed by atoms with van der Waals surface area (Å²) in [4.78, 5) is 27.4. The lowest BCUT2D eigenvalue weighted by molar-refractivity contribution is -0.140. The van der Waals surface area contributed by atoms with Gasteiger partial charge in [0.1, 0.15) is 11.8 Å². The summed E-state index contributed by atoms with van der Waals surface area (Å²) in [6, 6.07) is 12.7. The zero-order valence-corrected chi connectivity index (χ0v) is 20.3. The van der Waals surface area contributed by atoms with E-state index in [0.717, 1.165) is 11.1 Å². The van der Waals surface area contributed by atoms with Crippen LogP contribution in [0.25, 0.3) is 0 Å². The Bertz CT molecular complexity index is 915. The van der Waals surface area contributed by atoms with Crippen LogP contribution in [0.3, 0.4) is 0 Å². The maximum absolute atomic E-state index is 13.3. The molecular weight excluding hydrogens is 420 g/mol. The van der Waals surface area contributed by atoms with Crippen LogP contribution in [-0.2, 0) is 22.6 Å². The smallest absolute Gasteiger partial charge is 0.242 e. The Balaban J connectivity index is 2.18. The molecule has 0 aliphatic rings. The van der Waals surface area contributed by atoms with Crippen LogP contribution < -0.4 is 19.5 Å². The zero-order chi connectivity index (χ0) is 24.2. The highest BCUT2D eigenvalue weighted by Gasteiger charge is 2.25. The van der Waals surface area contributed by atoms with Crippen LogP contribution in [0.15, 0.2) is 42.5 Å². The second-order valence-electron chi connectivity index (χ2n) is 7.59. The first-order valence-corrected chi connectivity index (χ1v) is 11.5. The molecule has 0 spiro atoms. The van der Waals surface area contributed by atoms with Crippen LogP contribution in [0.2, 0.25) is 0 Å². The molecule has 0 saturated carbocycles. The van der Waals surface area contributed by atoms with E-state index in [2.05, 4.69) is 5.32 Å². The topological polar surface area (TPSA) is 77.1 Å². The van der Waals surface area contributed by atoms with Gasteiger partial charge in [0.25, 0.3) is 0 Å². The molecule has 0 fully saturated rings. The Hall–Kier alpha value is -3.22. The quantitative estimate of drug-likeness (QED) is 0.493. The van der Waals surface area contributed by atoms with Crippen molar-refractivity contribution in [3.8, 4) is 17.2 Å². The second-order valence-corrected chi connectivity index (χ2v) is 7.59. The van der Waals surface area contributed by atoms with Crippen molar-refractivity contribution >= 4 is 11.8 Å². The third kappa shape index (κ3) is 7.70. The number of carbonyl (C=O) groups excluding carboxylic acids is 2. The van der Waals surface area contributed by atoms with E-state index in [-0.39, 0.29) is 18.2 Å². The second kappa shape index (κ2) is 13.4. The van der Waals surface area contributed by atoms with Crippen molar-refractivity contribution in [3.05, 3.63) is 53.6 Å². The average molecular weight is 457 g/mol. The molecule has 180 valence electrons. The first-order chi connectivity index (χ1) is 15.9. The molecule has 2 amide bonds. The van der Waals surface area contributed by atoms with Crippen LogP contribution in [0.1, 0.15) is 45.2 Å². The largest absolute Gasteiger partial charge is 0.497 e.